The molecule has 0 amide bonds. The third-order valence-electron chi connectivity index (χ3n) is 4.92. The largest absolute Gasteiger partial charge is 0.470 e. The Morgan fingerprint density at radius 1 is 0.909 bits per heavy atom. The molecule has 0 aromatic heterocycles. The van der Waals surface area contributed by atoms with E-state index in [2.05, 4.69) is 23.6 Å². The van der Waals surface area contributed by atoms with Gasteiger partial charge in [-0.2, -0.15) is 0 Å². The number of aliphatic hydroxyl groups is 3. The zero-order valence-corrected chi connectivity index (χ0v) is 21.2. The Labute approximate surface area is 199 Å². The van der Waals surface area contributed by atoms with Crippen molar-refractivity contribution in [3.8, 4) is 0 Å². The fraction of sp³-hybridized carbons (Fsp3) is 0.870. The van der Waals surface area contributed by atoms with Crippen molar-refractivity contribution in [2.75, 3.05) is 19.8 Å². The highest BCUT2D eigenvalue weighted by Crippen LogP contribution is 2.38. The number of phosphoric acid groups is 1. The second kappa shape index (κ2) is 24.5. The molecular formula is C23H48NO8P. The van der Waals surface area contributed by atoms with Gasteiger partial charge in [0.15, 0.2) is 11.9 Å². The van der Waals surface area contributed by atoms with E-state index in [1.807, 2.05) is 0 Å². The first-order valence-electron chi connectivity index (χ1n) is 12.2. The van der Waals surface area contributed by atoms with E-state index in [0.717, 1.165) is 38.5 Å². The first kappa shape index (κ1) is 34.5. The summed E-state index contributed by atoms with van der Waals surface area (Å²) in [5.41, 5.74) is 4.78. The van der Waals surface area contributed by atoms with Crippen LogP contribution in [0.3, 0.4) is 0 Å². The van der Waals surface area contributed by atoms with Gasteiger partial charge in [0.2, 0.25) is 0 Å². The van der Waals surface area contributed by atoms with Gasteiger partial charge >= 0.3 is 7.82 Å². The van der Waals surface area contributed by atoms with Crippen molar-refractivity contribution in [3.63, 3.8) is 0 Å². The highest BCUT2D eigenvalue weighted by molar-refractivity contribution is 7.46. The highest BCUT2D eigenvalue weighted by Gasteiger charge is 2.33. The van der Waals surface area contributed by atoms with E-state index in [-0.39, 0.29) is 13.0 Å². The number of unbranched alkanes of at least 4 members (excludes halogenated alkanes) is 11. The topological polar surface area (TPSA) is 171 Å². The summed E-state index contributed by atoms with van der Waals surface area (Å²) in [6.07, 6.45) is 15.9. The zero-order valence-electron chi connectivity index (χ0n) is 20.3. The van der Waals surface area contributed by atoms with E-state index in [1.165, 1.54) is 38.5 Å². The molecule has 0 radical (unpaired) electrons. The molecule has 198 valence electrons. The molecule has 0 aromatic carbocycles. The lowest BCUT2D eigenvalue weighted by Crippen LogP contribution is -2.38. The summed E-state index contributed by atoms with van der Waals surface area (Å²) < 4.78 is 15.2. The summed E-state index contributed by atoms with van der Waals surface area (Å²) in [7, 11) is -4.92. The lowest BCUT2D eigenvalue weighted by molar-refractivity contribution is -0.133. The fourth-order valence-electron chi connectivity index (χ4n) is 3.10. The van der Waals surface area contributed by atoms with Crippen LogP contribution in [0.5, 0.6) is 0 Å². The SMILES string of the molecule is CCCCCCCC/C=C\CCCCCCCC(=O)C(OP(=O)(O)O)C(O)CO.NCCO. The normalized spacial score (nSPS) is 13.5. The number of carbonyl (C=O) groups is 1. The Balaban J connectivity index is 0. The molecule has 9 nitrogen and oxygen atoms in total. The number of phosphoric ester groups is 1. The van der Waals surface area contributed by atoms with Crippen LogP contribution in [0.25, 0.3) is 0 Å². The predicted molar refractivity (Wildman–Crippen MR) is 131 cm³/mol. The second-order valence-corrected chi connectivity index (χ2v) is 9.27. The van der Waals surface area contributed by atoms with Gasteiger partial charge in [0.25, 0.3) is 0 Å². The lowest BCUT2D eigenvalue weighted by atomic mass is 10.0. The molecule has 0 aliphatic rings. The molecule has 2 atom stereocenters. The van der Waals surface area contributed by atoms with Gasteiger partial charge in [-0.1, -0.05) is 70.4 Å². The van der Waals surface area contributed by atoms with E-state index in [1.54, 1.807) is 0 Å². The predicted octanol–water partition coefficient (Wildman–Crippen LogP) is 3.36. The van der Waals surface area contributed by atoms with Crippen LogP contribution in [0.4, 0.5) is 0 Å². The third-order valence-corrected chi connectivity index (χ3v) is 5.42. The monoisotopic (exact) mass is 497 g/mol. The van der Waals surface area contributed by atoms with Crippen LogP contribution in [0.15, 0.2) is 12.2 Å². The van der Waals surface area contributed by atoms with E-state index >= 15 is 0 Å². The van der Waals surface area contributed by atoms with Crippen LogP contribution in [-0.2, 0) is 13.9 Å². The molecule has 2 unspecified atom stereocenters. The first-order chi connectivity index (χ1) is 15.7. The molecule has 0 rings (SSSR count). The van der Waals surface area contributed by atoms with E-state index in [0.29, 0.717) is 13.0 Å². The van der Waals surface area contributed by atoms with Gasteiger partial charge in [0.05, 0.1) is 13.2 Å². The molecule has 33 heavy (non-hydrogen) atoms. The Morgan fingerprint density at radius 2 is 1.36 bits per heavy atom. The maximum Gasteiger partial charge on any atom is 0.470 e. The summed E-state index contributed by atoms with van der Waals surface area (Å²) in [6, 6.07) is 0. The molecular weight excluding hydrogens is 449 g/mol. The standard InChI is InChI=1S/C21H41O7P.C2H7NO/c1-2-3-4-5-6-7-8-9-10-11-12-13-14-15-16-17-19(23)21(20(24)18-22)28-29(25,26)27;3-1-2-4/h9-10,20-22,24H,2-8,11-18H2,1H3,(H2,25,26,27);4H,1-3H2/b10-9-;. The summed E-state index contributed by atoms with van der Waals surface area (Å²) in [5.74, 6) is -0.604. The Bertz CT molecular complexity index is 511. The van der Waals surface area contributed by atoms with Crippen molar-refractivity contribution < 1.29 is 39.0 Å². The van der Waals surface area contributed by atoms with Gasteiger partial charge in [-0.3, -0.25) is 9.32 Å². The van der Waals surface area contributed by atoms with Crippen molar-refractivity contribution in [1.29, 1.82) is 0 Å². The number of ketones is 1. The molecule has 0 aliphatic heterocycles. The van der Waals surface area contributed by atoms with Gasteiger partial charge in [0.1, 0.15) is 6.10 Å². The van der Waals surface area contributed by atoms with Crippen LogP contribution in [0, 0.1) is 0 Å². The van der Waals surface area contributed by atoms with E-state index < -0.39 is 32.4 Å². The van der Waals surface area contributed by atoms with Crippen molar-refractivity contribution in [1.82, 2.24) is 0 Å². The van der Waals surface area contributed by atoms with Crippen molar-refractivity contribution >= 4 is 13.6 Å². The number of carbonyl (C=O) groups excluding carboxylic acids is 1. The number of rotatable bonds is 21. The maximum atomic E-state index is 12.0. The van der Waals surface area contributed by atoms with Crippen molar-refractivity contribution in [3.05, 3.63) is 12.2 Å². The summed E-state index contributed by atoms with van der Waals surface area (Å²) in [5, 5.41) is 26.2. The number of allylic oxidation sites excluding steroid dienone is 2. The number of hydrogen-bond acceptors (Lipinski definition) is 7. The number of aliphatic hydroxyl groups excluding tert-OH is 3. The third kappa shape index (κ3) is 25.8. The van der Waals surface area contributed by atoms with E-state index in [9.17, 15) is 14.5 Å². The zero-order chi connectivity index (χ0) is 25.4. The number of Topliss-reactive ketones (excluding diaryl/α,β-unsaturated/α-hetero) is 1. The van der Waals surface area contributed by atoms with Crippen LogP contribution in [0.2, 0.25) is 0 Å². The van der Waals surface area contributed by atoms with Crippen LogP contribution >= 0.6 is 7.82 Å². The van der Waals surface area contributed by atoms with Gasteiger partial charge in [-0.25, -0.2) is 4.57 Å². The highest BCUT2D eigenvalue weighted by atomic mass is 31.2. The lowest BCUT2D eigenvalue weighted by Gasteiger charge is -2.20. The molecule has 0 spiro atoms. The van der Waals surface area contributed by atoms with E-state index in [4.69, 9.17) is 25.7 Å². The molecule has 0 heterocycles. The Hall–Kier alpha value is -0.640. The van der Waals surface area contributed by atoms with Crippen LogP contribution in [0.1, 0.15) is 96.8 Å². The second-order valence-electron chi connectivity index (χ2n) is 8.08. The van der Waals surface area contributed by atoms with Gasteiger partial charge in [-0.05, 0) is 32.1 Å². The molecule has 10 heteroatoms. The molecule has 7 N–H and O–H groups in total. The Kier molecular flexibility index (Phi) is 25.6. The van der Waals surface area contributed by atoms with Crippen LogP contribution in [-0.4, -0.2) is 62.9 Å². The van der Waals surface area contributed by atoms with Crippen LogP contribution < -0.4 is 5.73 Å². The fourth-order valence-corrected chi connectivity index (χ4v) is 3.65. The van der Waals surface area contributed by atoms with Gasteiger partial charge < -0.3 is 30.8 Å². The smallest absolute Gasteiger partial charge is 0.395 e. The minimum Gasteiger partial charge on any atom is -0.395 e. The maximum absolute atomic E-state index is 12.0. The van der Waals surface area contributed by atoms with Crippen molar-refractivity contribution in [2.45, 2.75) is 109 Å². The van der Waals surface area contributed by atoms with Crippen molar-refractivity contribution in [2.24, 2.45) is 5.73 Å². The minimum absolute atomic E-state index is 0.0554. The Morgan fingerprint density at radius 3 is 1.79 bits per heavy atom. The molecule has 0 aromatic rings. The minimum atomic E-state index is -4.92. The first-order valence-corrected chi connectivity index (χ1v) is 13.8. The molecule has 0 saturated heterocycles. The molecule has 0 saturated carbocycles. The number of hydrogen-bond donors (Lipinski definition) is 6. The molecule has 0 bridgehead atoms. The summed E-state index contributed by atoms with van der Waals surface area (Å²) in [6.45, 7) is 1.90. The average molecular weight is 498 g/mol. The average Bonchev–Trinajstić information content (AvgIpc) is 2.78. The molecule has 0 fully saturated rings. The quantitative estimate of drug-likeness (QED) is 0.0790. The van der Waals surface area contributed by atoms with Gasteiger partial charge in [-0.15, -0.1) is 0 Å². The summed E-state index contributed by atoms with van der Waals surface area (Å²) in [4.78, 5) is 29.7. The molecule has 0 aliphatic carbocycles. The summed E-state index contributed by atoms with van der Waals surface area (Å²) >= 11 is 0. The van der Waals surface area contributed by atoms with Gasteiger partial charge in [0, 0.05) is 13.0 Å². The number of nitrogens with two attached hydrogens (primary N) is 1.